The number of aromatic nitrogens is 4. The highest BCUT2D eigenvalue weighted by atomic mass is 35.5. The van der Waals surface area contributed by atoms with Gasteiger partial charge in [0.25, 0.3) is 0 Å². The number of unbranched alkanes of at least 4 members (excludes halogenated alkanes) is 3. The molecule has 0 aromatic carbocycles. The Bertz CT molecular complexity index is 557. The highest BCUT2D eigenvalue weighted by molar-refractivity contribution is 5.81. The first-order valence-electron chi connectivity index (χ1n) is 7.26. The third-order valence-corrected chi connectivity index (χ3v) is 3.65. The molecule has 2 heterocycles. The maximum atomic E-state index is 10.0. The number of imidazole rings is 1. The molecule has 21 heavy (non-hydrogen) atoms. The Morgan fingerprint density at radius 3 is 2.67 bits per heavy atom. The Morgan fingerprint density at radius 2 is 2.00 bits per heavy atom. The van der Waals surface area contributed by atoms with Gasteiger partial charge in [0, 0.05) is 0 Å². The van der Waals surface area contributed by atoms with Gasteiger partial charge >= 0.3 is 0 Å². The van der Waals surface area contributed by atoms with Crippen LogP contribution in [0.2, 0.25) is 0 Å². The second kappa shape index (κ2) is 8.14. The van der Waals surface area contributed by atoms with E-state index in [0.717, 1.165) is 12.8 Å². The molecule has 0 aliphatic heterocycles. The Hall–Kier alpha value is -1.40. The van der Waals surface area contributed by atoms with E-state index in [1.807, 2.05) is 4.57 Å². The number of aliphatic hydroxyl groups is 1. The van der Waals surface area contributed by atoms with Crippen molar-refractivity contribution in [2.75, 3.05) is 5.73 Å². The molecular formula is C14H23ClN5O-. The number of hydrogen-bond acceptors (Lipinski definition) is 5. The van der Waals surface area contributed by atoms with Gasteiger partial charge in [-0.25, -0.2) is 15.0 Å². The molecular weight excluding hydrogens is 290 g/mol. The smallest absolute Gasteiger partial charge is 0.165 e. The van der Waals surface area contributed by atoms with E-state index >= 15 is 0 Å². The van der Waals surface area contributed by atoms with Gasteiger partial charge in [-0.3, -0.25) is 0 Å². The molecule has 6 nitrogen and oxygen atoms in total. The van der Waals surface area contributed by atoms with Crippen LogP contribution in [0.15, 0.2) is 12.7 Å². The predicted octanol–water partition coefficient (Wildman–Crippen LogP) is -0.695. The summed E-state index contributed by atoms with van der Waals surface area (Å²) in [6, 6.07) is -0.0221. The fourth-order valence-corrected chi connectivity index (χ4v) is 2.51. The first kappa shape index (κ1) is 17.7. The minimum atomic E-state index is -0.454. The molecule has 0 radical (unpaired) electrons. The topological polar surface area (TPSA) is 89.8 Å². The number of nitrogens with two attached hydrogens (primary N) is 1. The van der Waals surface area contributed by atoms with Crippen molar-refractivity contribution < 1.29 is 17.5 Å². The molecule has 0 amide bonds. The SMILES string of the molecule is CCCCCC[C@@H]([C@@H](C)O)n1cnc2c(N)ncnc21.[Cl-]. The van der Waals surface area contributed by atoms with Crippen LogP contribution in [0.1, 0.15) is 52.0 Å². The van der Waals surface area contributed by atoms with Crippen LogP contribution < -0.4 is 18.1 Å². The monoisotopic (exact) mass is 312 g/mol. The lowest BCUT2D eigenvalue weighted by atomic mass is 10.0. The van der Waals surface area contributed by atoms with Crippen LogP contribution in [0.25, 0.3) is 11.2 Å². The van der Waals surface area contributed by atoms with Gasteiger partial charge in [0.2, 0.25) is 0 Å². The van der Waals surface area contributed by atoms with Crippen LogP contribution in [0, 0.1) is 0 Å². The summed E-state index contributed by atoms with van der Waals surface area (Å²) >= 11 is 0. The van der Waals surface area contributed by atoms with Crippen molar-refractivity contribution in [3.63, 3.8) is 0 Å². The molecule has 0 saturated carbocycles. The minimum Gasteiger partial charge on any atom is -1.00 e. The summed E-state index contributed by atoms with van der Waals surface area (Å²) < 4.78 is 1.92. The number of nitrogens with zero attached hydrogens (tertiary/aromatic N) is 4. The van der Waals surface area contributed by atoms with Gasteiger partial charge in [0.1, 0.15) is 11.8 Å². The molecule has 0 fully saturated rings. The number of hydrogen-bond donors (Lipinski definition) is 2. The molecule has 0 aliphatic carbocycles. The third kappa shape index (κ3) is 4.04. The zero-order chi connectivity index (χ0) is 14.5. The van der Waals surface area contributed by atoms with Crippen molar-refractivity contribution in [3.8, 4) is 0 Å². The van der Waals surface area contributed by atoms with Gasteiger partial charge in [0.05, 0.1) is 18.5 Å². The van der Waals surface area contributed by atoms with Gasteiger partial charge < -0.3 is 27.8 Å². The van der Waals surface area contributed by atoms with Crippen molar-refractivity contribution in [2.24, 2.45) is 0 Å². The minimum absolute atomic E-state index is 0. The highest BCUT2D eigenvalue weighted by Gasteiger charge is 2.20. The molecule has 7 heteroatoms. The summed E-state index contributed by atoms with van der Waals surface area (Å²) in [5.41, 5.74) is 7.09. The van der Waals surface area contributed by atoms with Crippen LogP contribution in [-0.2, 0) is 0 Å². The zero-order valence-electron chi connectivity index (χ0n) is 12.5. The third-order valence-electron chi connectivity index (χ3n) is 3.65. The van der Waals surface area contributed by atoms with E-state index < -0.39 is 6.10 Å². The number of fused-ring (bicyclic) bond motifs is 1. The fourth-order valence-electron chi connectivity index (χ4n) is 2.51. The Balaban J connectivity index is 0.00000220. The van der Waals surface area contributed by atoms with Crippen LogP contribution in [0.4, 0.5) is 5.82 Å². The van der Waals surface area contributed by atoms with Gasteiger partial charge in [-0.15, -0.1) is 0 Å². The average Bonchev–Trinajstić information content (AvgIpc) is 2.84. The molecule has 0 bridgehead atoms. The standard InChI is InChI=1S/C14H23N5O.ClH/c1-3-4-5-6-7-11(10(2)20)19-9-18-12-13(15)16-8-17-14(12)19;/h8-11,20H,3-7H2,1-2H3,(H2,15,16,17);1H/p-1/t10-,11+;/m1./s1. The Labute approximate surface area is 131 Å². The number of aliphatic hydroxyl groups excluding tert-OH is 1. The molecule has 2 atom stereocenters. The summed E-state index contributed by atoms with van der Waals surface area (Å²) in [6.45, 7) is 4.00. The maximum Gasteiger partial charge on any atom is 0.165 e. The molecule has 0 spiro atoms. The van der Waals surface area contributed by atoms with E-state index in [1.165, 1.54) is 25.6 Å². The summed E-state index contributed by atoms with van der Waals surface area (Å²) in [4.78, 5) is 12.5. The molecule has 0 unspecified atom stereocenters. The average molecular weight is 313 g/mol. The van der Waals surface area contributed by atoms with Crippen molar-refractivity contribution in [2.45, 2.75) is 58.1 Å². The summed E-state index contributed by atoms with van der Waals surface area (Å²) in [5, 5.41) is 10.0. The van der Waals surface area contributed by atoms with Gasteiger partial charge in [-0.05, 0) is 13.3 Å². The van der Waals surface area contributed by atoms with Crippen LogP contribution in [0.5, 0.6) is 0 Å². The lowest BCUT2D eigenvalue weighted by Crippen LogP contribution is -3.00. The van der Waals surface area contributed by atoms with Crippen LogP contribution >= 0.6 is 0 Å². The van der Waals surface area contributed by atoms with Gasteiger partial charge in [-0.2, -0.15) is 0 Å². The largest absolute Gasteiger partial charge is 1.00 e. The second-order valence-electron chi connectivity index (χ2n) is 5.24. The van der Waals surface area contributed by atoms with Crippen molar-refractivity contribution >= 4 is 17.0 Å². The van der Waals surface area contributed by atoms with Gasteiger partial charge in [0.15, 0.2) is 11.5 Å². The lowest BCUT2D eigenvalue weighted by molar-refractivity contribution is -0.00000680. The quantitative estimate of drug-likeness (QED) is 0.660. The van der Waals surface area contributed by atoms with Gasteiger partial charge in [-0.1, -0.05) is 32.6 Å². The van der Waals surface area contributed by atoms with Crippen molar-refractivity contribution in [1.82, 2.24) is 19.5 Å². The molecule has 118 valence electrons. The van der Waals surface area contributed by atoms with E-state index in [9.17, 15) is 5.11 Å². The number of halogens is 1. The molecule has 2 aromatic rings. The molecule has 2 aromatic heterocycles. The molecule has 2 rings (SSSR count). The lowest BCUT2D eigenvalue weighted by Gasteiger charge is -2.21. The number of nitrogen functional groups attached to an aromatic ring is 1. The maximum absolute atomic E-state index is 10.0. The second-order valence-corrected chi connectivity index (χ2v) is 5.24. The number of anilines is 1. The normalized spacial score (nSPS) is 13.9. The molecule has 3 N–H and O–H groups in total. The highest BCUT2D eigenvalue weighted by Crippen LogP contribution is 2.25. The summed E-state index contributed by atoms with van der Waals surface area (Å²) in [6.07, 6.45) is 8.30. The van der Waals surface area contributed by atoms with E-state index in [-0.39, 0.29) is 18.4 Å². The van der Waals surface area contributed by atoms with E-state index in [0.29, 0.717) is 17.0 Å². The summed E-state index contributed by atoms with van der Waals surface area (Å²) in [7, 11) is 0. The fraction of sp³-hybridized carbons (Fsp3) is 0.643. The van der Waals surface area contributed by atoms with E-state index in [1.54, 1.807) is 13.3 Å². The van der Waals surface area contributed by atoms with Crippen molar-refractivity contribution in [1.29, 1.82) is 0 Å². The predicted molar refractivity (Wildman–Crippen MR) is 79.2 cm³/mol. The van der Waals surface area contributed by atoms with Crippen molar-refractivity contribution in [3.05, 3.63) is 12.7 Å². The molecule has 0 saturated heterocycles. The van der Waals surface area contributed by atoms with Crippen LogP contribution in [0.3, 0.4) is 0 Å². The first-order valence-corrected chi connectivity index (χ1v) is 7.26. The van der Waals surface area contributed by atoms with Crippen LogP contribution in [-0.4, -0.2) is 30.7 Å². The Kier molecular flexibility index (Phi) is 6.84. The summed E-state index contributed by atoms with van der Waals surface area (Å²) in [5.74, 6) is 0.379. The van der Waals surface area contributed by atoms with E-state index in [4.69, 9.17) is 5.73 Å². The zero-order valence-corrected chi connectivity index (χ0v) is 13.3. The first-order chi connectivity index (χ1) is 9.65. The Morgan fingerprint density at radius 1 is 1.24 bits per heavy atom. The van der Waals surface area contributed by atoms with E-state index in [2.05, 4.69) is 21.9 Å². The number of rotatable bonds is 7. The molecule has 0 aliphatic rings.